The number of thiazole rings is 1. The van der Waals surface area contributed by atoms with Crippen LogP contribution in [-0.4, -0.2) is 30.6 Å². The Morgan fingerprint density at radius 2 is 2.16 bits per heavy atom. The molecule has 8 heteroatoms. The molecule has 132 valence electrons. The molecule has 0 radical (unpaired) electrons. The highest BCUT2D eigenvalue weighted by atomic mass is 79.9. The Balaban J connectivity index is 2.09. The molecule has 0 spiro atoms. The number of anilines is 1. The summed E-state index contributed by atoms with van der Waals surface area (Å²) in [6.45, 7) is 3.72. The van der Waals surface area contributed by atoms with Gasteiger partial charge in [0, 0.05) is 16.1 Å². The van der Waals surface area contributed by atoms with Crippen molar-refractivity contribution < 1.29 is 19.1 Å². The van der Waals surface area contributed by atoms with E-state index in [4.69, 9.17) is 9.47 Å². The molecule has 0 saturated carbocycles. The lowest BCUT2D eigenvalue weighted by atomic mass is 10.2. The zero-order valence-electron chi connectivity index (χ0n) is 14.0. The number of carbonyl (C=O) groups excluding carboxylic acids is 2. The Kier molecular flexibility index (Phi) is 6.72. The number of ether oxygens (including phenoxy) is 2. The van der Waals surface area contributed by atoms with Crippen molar-refractivity contribution >= 4 is 50.4 Å². The van der Waals surface area contributed by atoms with Gasteiger partial charge in [-0.2, -0.15) is 0 Å². The Bertz CT molecular complexity index is 817. The first-order valence-corrected chi connectivity index (χ1v) is 9.02. The quantitative estimate of drug-likeness (QED) is 0.558. The molecule has 0 bridgehead atoms. The molecule has 0 aliphatic carbocycles. The minimum atomic E-state index is -0.438. The highest BCUT2D eigenvalue weighted by molar-refractivity contribution is 9.10. The van der Waals surface area contributed by atoms with Gasteiger partial charge in [-0.05, 0) is 38.1 Å². The summed E-state index contributed by atoms with van der Waals surface area (Å²) in [7, 11) is 1.57. The number of nitrogens with one attached hydrogen (secondary N) is 1. The number of methoxy groups -OCH3 is 1. The minimum absolute atomic E-state index is 0.287. The number of amides is 1. The molecule has 0 aliphatic rings. The van der Waals surface area contributed by atoms with Crippen molar-refractivity contribution in [1.82, 2.24) is 4.98 Å². The van der Waals surface area contributed by atoms with Crippen LogP contribution in [0.15, 0.2) is 28.7 Å². The SMILES string of the molecule is CCOC(=O)c1sc(NC(=O)/C=C/c2cc(Br)ccc2OC)nc1C. The van der Waals surface area contributed by atoms with Crippen LogP contribution in [-0.2, 0) is 9.53 Å². The third-order valence-electron chi connectivity index (χ3n) is 3.09. The van der Waals surface area contributed by atoms with E-state index in [1.807, 2.05) is 12.1 Å². The molecule has 1 amide bonds. The van der Waals surface area contributed by atoms with E-state index in [-0.39, 0.29) is 12.5 Å². The monoisotopic (exact) mass is 424 g/mol. The van der Waals surface area contributed by atoms with E-state index < -0.39 is 5.97 Å². The van der Waals surface area contributed by atoms with Crippen molar-refractivity contribution in [3.63, 3.8) is 0 Å². The van der Waals surface area contributed by atoms with Crippen molar-refractivity contribution in [2.45, 2.75) is 13.8 Å². The smallest absolute Gasteiger partial charge is 0.350 e. The number of halogens is 1. The summed E-state index contributed by atoms with van der Waals surface area (Å²) in [6.07, 6.45) is 3.02. The van der Waals surface area contributed by atoms with Crippen LogP contribution in [0.1, 0.15) is 27.9 Å². The highest BCUT2D eigenvalue weighted by Crippen LogP contribution is 2.25. The molecule has 2 aromatic rings. The Morgan fingerprint density at radius 1 is 1.40 bits per heavy atom. The Hall–Kier alpha value is -2.19. The molecule has 0 unspecified atom stereocenters. The molecule has 1 aromatic heterocycles. The number of rotatable bonds is 6. The van der Waals surface area contributed by atoms with E-state index in [1.165, 1.54) is 6.08 Å². The number of esters is 1. The van der Waals surface area contributed by atoms with Gasteiger partial charge in [-0.1, -0.05) is 27.3 Å². The first-order valence-electron chi connectivity index (χ1n) is 7.41. The number of aromatic nitrogens is 1. The van der Waals surface area contributed by atoms with Gasteiger partial charge in [0.1, 0.15) is 10.6 Å². The fourth-order valence-electron chi connectivity index (χ4n) is 1.98. The first kappa shape index (κ1) is 19.1. The van der Waals surface area contributed by atoms with Crippen molar-refractivity contribution in [2.24, 2.45) is 0 Å². The number of nitrogens with zero attached hydrogens (tertiary/aromatic N) is 1. The highest BCUT2D eigenvalue weighted by Gasteiger charge is 2.17. The average molecular weight is 425 g/mol. The molecule has 25 heavy (non-hydrogen) atoms. The third kappa shape index (κ3) is 5.14. The number of carbonyl (C=O) groups is 2. The molecule has 6 nitrogen and oxygen atoms in total. The second-order valence-electron chi connectivity index (χ2n) is 4.86. The molecule has 1 N–H and O–H groups in total. The molecule has 1 heterocycles. The molecular weight excluding hydrogens is 408 g/mol. The van der Waals surface area contributed by atoms with E-state index >= 15 is 0 Å². The normalized spacial score (nSPS) is 10.7. The summed E-state index contributed by atoms with van der Waals surface area (Å²) in [5, 5.41) is 2.99. The summed E-state index contributed by atoms with van der Waals surface area (Å²) in [4.78, 5) is 28.4. The van der Waals surface area contributed by atoms with Crippen LogP contribution in [0, 0.1) is 6.92 Å². The maximum atomic E-state index is 12.1. The Morgan fingerprint density at radius 3 is 2.84 bits per heavy atom. The second kappa shape index (κ2) is 8.77. The van der Waals surface area contributed by atoms with Crippen LogP contribution >= 0.6 is 27.3 Å². The predicted molar refractivity (Wildman–Crippen MR) is 101 cm³/mol. The zero-order valence-corrected chi connectivity index (χ0v) is 16.4. The van der Waals surface area contributed by atoms with E-state index in [9.17, 15) is 9.59 Å². The first-order chi connectivity index (χ1) is 11.9. The fraction of sp³-hybridized carbons (Fsp3) is 0.235. The standard InChI is InChI=1S/C17H17BrN2O4S/c1-4-24-16(22)15-10(2)19-17(25-15)20-14(21)8-5-11-9-12(18)6-7-13(11)23-3/h5-9H,4H2,1-3H3,(H,19,20,21)/b8-5+. The topological polar surface area (TPSA) is 77.5 Å². The third-order valence-corrected chi connectivity index (χ3v) is 4.64. The molecular formula is C17H17BrN2O4S. The van der Waals surface area contributed by atoms with Gasteiger partial charge in [-0.3, -0.25) is 10.1 Å². The predicted octanol–water partition coefficient (Wildman–Crippen LogP) is 4.05. The van der Waals surface area contributed by atoms with Crippen LogP contribution in [0.25, 0.3) is 6.08 Å². The number of benzene rings is 1. The van der Waals surface area contributed by atoms with Gasteiger partial charge >= 0.3 is 5.97 Å². The number of hydrogen-bond acceptors (Lipinski definition) is 6. The van der Waals surface area contributed by atoms with Crippen molar-refractivity contribution in [3.05, 3.63) is 44.9 Å². The summed E-state index contributed by atoms with van der Waals surface area (Å²) in [5.74, 6) is -0.138. The van der Waals surface area contributed by atoms with Crippen molar-refractivity contribution in [1.29, 1.82) is 0 Å². The van der Waals surface area contributed by atoms with E-state index in [1.54, 1.807) is 33.1 Å². The summed E-state index contributed by atoms with van der Waals surface area (Å²) < 4.78 is 11.1. The lowest BCUT2D eigenvalue weighted by Gasteiger charge is -2.04. The molecule has 1 aromatic carbocycles. The molecule has 0 fully saturated rings. The van der Waals surface area contributed by atoms with Gasteiger partial charge in [0.2, 0.25) is 5.91 Å². The van der Waals surface area contributed by atoms with Gasteiger partial charge < -0.3 is 9.47 Å². The molecule has 0 aliphatic heterocycles. The van der Waals surface area contributed by atoms with Gasteiger partial charge in [0.15, 0.2) is 5.13 Å². The number of hydrogen-bond donors (Lipinski definition) is 1. The lowest BCUT2D eigenvalue weighted by molar-refractivity contribution is -0.111. The Labute approximate surface area is 158 Å². The molecule has 0 atom stereocenters. The molecule has 2 rings (SSSR count). The lowest BCUT2D eigenvalue weighted by Crippen LogP contribution is -2.07. The fourth-order valence-corrected chi connectivity index (χ4v) is 3.23. The van der Waals surface area contributed by atoms with Gasteiger partial charge in [0.25, 0.3) is 0 Å². The largest absolute Gasteiger partial charge is 0.496 e. The van der Waals surface area contributed by atoms with Crippen LogP contribution in [0.2, 0.25) is 0 Å². The maximum Gasteiger partial charge on any atom is 0.350 e. The van der Waals surface area contributed by atoms with Gasteiger partial charge in [-0.15, -0.1) is 0 Å². The van der Waals surface area contributed by atoms with Crippen LogP contribution in [0.4, 0.5) is 5.13 Å². The minimum Gasteiger partial charge on any atom is -0.496 e. The summed E-state index contributed by atoms with van der Waals surface area (Å²) in [5.41, 5.74) is 1.28. The van der Waals surface area contributed by atoms with Crippen LogP contribution in [0.3, 0.4) is 0 Å². The summed E-state index contributed by atoms with van der Waals surface area (Å²) >= 11 is 4.47. The molecule has 0 saturated heterocycles. The zero-order chi connectivity index (χ0) is 18.4. The van der Waals surface area contributed by atoms with Crippen LogP contribution in [0.5, 0.6) is 5.75 Å². The number of aryl methyl sites for hydroxylation is 1. The van der Waals surface area contributed by atoms with Crippen molar-refractivity contribution in [3.8, 4) is 5.75 Å². The van der Waals surface area contributed by atoms with E-state index in [2.05, 4.69) is 26.2 Å². The van der Waals surface area contributed by atoms with Crippen molar-refractivity contribution in [2.75, 3.05) is 19.0 Å². The van der Waals surface area contributed by atoms with Gasteiger partial charge in [-0.25, -0.2) is 9.78 Å². The average Bonchev–Trinajstić information content (AvgIpc) is 2.93. The van der Waals surface area contributed by atoms with Crippen LogP contribution < -0.4 is 10.1 Å². The van der Waals surface area contributed by atoms with E-state index in [0.29, 0.717) is 21.5 Å². The van der Waals surface area contributed by atoms with Gasteiger partial charge in [0.05, 0.1) is 19.4 Å². The second-order valence-corrected chi connectivity index (χ2v) is 6.78. The summed E-state index contributed by atoms with van der Waals surface area (Å²) in [6, 6.07) is 5.50. The maximum absolute atomic E-state index is 12.1. The van der Waals surface area contributed by atoms with E-state index in [0.717, 1.165) is 21.4 Å².